The number of carbonyl (C=O) groups is 3. The van der Waals surface area contributed by atoms with E-state index in [0.29, 0.717) is 85.6 Å². The molecule has 0 atom stereocenters. The van der Waals surface area contributed by atoms with Crippen LogP contribution in [0.25, 0.3) is 0 Å². The van der Waals surface area contributed by atoms with Crippen molar-refractivity contribution in [1.29, 1.82) is 0 Å². The van der Waals surface area contributed by atoms with Crippen molar-refractivity contribution in [3.8, 4) is 0 Å². The highest BCUT2D eigenvalue weighted by molar-refractivity contribution is 6.02. The van der Waals surface area contributed by atoms with E-state index < -0.39 is 0 Å². The fraction of sp³-hybridized carbons (Fsp3) is 0.523. The Balaban J connectivity index is 0.000000254. The van der Waals surface area contributed by atoms with E-state index in [0.717, 1.165) is 87.7 Å². The molecule has 23 nitrogen and oxygen atoms in total. The van der Waals surface area contributed by atoms with Gasteiger partial charge >= 0.3 is 0 Å². The molecule has 0 spiro atoms. The highest BCUT2D eigenvalue weighted by atomic mass is 16.6. The minimum atomic E-state index is -0.243. The van der Waals surface area contributed by atoms with Gasteiger partial charge in [-0.3, -0.25) is 29.0 Å². The Labute approximate surface area is 392 Å². The van der Waals surface area contributed by atoms with Gasteiger partial charge in [-0.05, 0) is 50.2 Å². The van der Waals surface area contributed by atoms with Gasteiger partial charge in [0, 0.05) is 89.0 Å². The van der Waals surface area contributed by atoms with Crippen molar-refractivity contribution in [2.24, 2.45) is 11.6 Å². The first-order chi connectivity index (χ1) is 32.4. The minimum absolute atomic E-state index is 0.0353. The molecule has 4 aromatic rings. The molecule has 6 rings (SSSR count). The molecule has 3 amide bonds. The van der Waals surface area contributed by atoms with E-state index in [1.54, 1.807) is 22.2 Å². The number of nitrogens with two attached hydrogens (primary N) is 4. The Bertz CT molecular complexity index is 2200. The normalized spacial score (nSPS) is 12.8. The Morgan fingerprint density at radius 2 is 1.13 bits per heavy atom. The zero-order chi connectivity index (χ0) is 48.1. The highest BCUT2D eigenvalue weighted by Gasteiger charge is 2.33. The van der Waals surface area contributed by atoms with Gasteiger partial charge in [0.15, 0.2) is 0 Å². The molecule has 0 fully saturated rings. The number of anilines is 8. The first-order valence-corrected chi connectivity index (χ1v) is 22.9. The Kier molecular flexibility index (Phi) is 20.4. The maximum absolute atomic E-state index is 12.7. The number of nitrogens with zero attached hydrogens (tertiary/aromatic N) is 10. The van der Waals surface area contributed by atoms with E-state index in [-0.39, 0.29) is 37.2 Å². The van der Waals surface area contributed by atoms with Crippen LogP contribution >= 0.6 is 0 Å². The van der Waals surface area contributed by atoms with E-state index in [1.807, 2.05) is 38.4 Å². The lowest BCUT2D eigenvalue weighted by atomic mass is 10.2. The molecule has 0 aromatic carbocycles. The summed E-state index contributed by atoms with van der Waals surface area (Å²) in [6.45, 7) is 12.2. The SMILES string of the molecule is CCCCNc1nc(N)c2c(n1)N(Cc1ccc(NCCN(C)CCN)nc1)C(=O)C2.CCCCNc1nc(N)c2c(n1)N(Cc1ccc(NCCN(C)CCNC(=O)CON)nc1)C(=O)C2. The molecule has 0 saturated carbocycles. The zero-order valence-corrected chi connectivity index (χ0v) is 39.3. The summed E-state index contributed by atoms with van der Waals surface area (Å²) in [6, 6.07) is 7.71. The second-order valence-corrected chi connectivity index (χ2v) is 16.4. The topological polar surface area (TPSA) is 315 Å². The number of hydrogen-bond acceptors (Lipinski definition) is 20. The first-order valence-electron chi connectivity index (χ1n) is 22.9. The number of likely N-dealkylation sites (N-methyl/N-ethyl adjacent to an activating group) is 2. The van der Waals surface area contributed by atoms with E-state index in [4.69, 9.17) is 23.1 Å². The van der Waals surface area contributed by atoms with E-state index >= 15 is 0 Å². The highest BCUT2D eigenvalue weighted by Crippen LogP contribution is 2.34. The number of hydrogen-bond donors (Lipinski definition) is 9. The van der Waals surface area contributed by atoms with Crippen LogP contribution in [0.15, 0.2) is 36.7 Å². The fourth-order valence-electron chi connectivity index (χ4n) is 7.05. The smallest absolute Gasteiger partial charge is 0.248 e. The van der Waals surface area contributed by atoms with Crippen LogP contribution in [-0.4, -0.2) is 144 Å². The summed E-state index contributed by atoms with van der Waals surface area (Å²) < 4.78 is 0. The van der Waals surface area contributed by atoms with Gasteiger partial charge in [0.1, 0.15) is 41.5 Å². The van der Waals surface area contributed by atoms with Crippen LogP contribution in [-0.2, 0) is 45.2 Å². The summed E-state index contributed by atoms with van der Waals surface area (Å²) in [5.41, 5.74) is 20.9. The van der Waals surface area contributed by atoms with Gasteiger partial charge in [-0.25, -0.2) is 15.9 Å². The Morgan fingerprint density at radius 1 is 0.672 bits per heavy atom. The summed E-state index contributed by atoms with van der Waals surface area (Å²) >= 11 is 0. The lowest BCUT2D eigenvalue weighted by Crippen LogP contribution is -2.36. The molecule has 0 aliphatic carbocycles. The predicted octanol–water partition coefficient (Wildman–Crippen LogP) is 1.16. The van der Waals surface area contributed by atoms with Crippen LogP contribution in [0.4, 0.5) is 46.8 Å². The van der Waals surface area contributed by atoms with Crippen molar-refractivity contribution >= 4 is 64.5 Å². The van der Waals surface area contributed by atoms with Crippen molar-refractivity contribution < 1.29 is 19.2 Å². The third-order valence-electron chi connectivity index (χ3n) is 10.9. The molecular weight excluding hydrogens is 859 g/mol. The van der Waals surface area contributed by atoms with Gasteiger partial charge in [-0.2, -0.15) is 19.9 Å². The number of nitrogen functional groups attached to an aromatic ring is 2. The van der Waals surface area contributed by atoms with Gasteiger partial charge in [-0.1, -0.05) is 38.8 Å². The molecular formula is C44H69N19O4. The van der Waals surface area contributed by atoms with E-state index in [9.17, 15) is 14.4 Å². The van der Waals surface area contributed by atoms with Crippen molar-refractivity contribution in [2.75, 3.05) is 129 Å². The van der Waals surface area contributed by atoms with Crippen LogP contribution in [0.5, 0.6) is 0 Å². The maximum atomic E-state index is 12.7. The summed E-state index contributed by atoms with van der Waals surface area (Å²) in [5, 5.41) is 15.7. The molecule has 0 radical (unpaired) electrons. The van der Waals surface area contributed by atoms with E-state index in [2.05, 4.69) is 85.0 Å². The molecule has 0 unspecified atom stereocenters. The molecule has 13 N–H and O–H groups in total. The second-order valence-electron chi connectivity index (χ2n) is 16.4. The van der Waals surface area contributed by atoms with Gasteiger partial charge in [0.25, 0.3) is 0 Å². The Hall–Kier alpha value is -6.53. The summed E-state index contributed by atoms with van der Waals surface area (Å²) in [6.07, 6.45) is 8.08. The number of amides is 3. The van der Waals surface area contributed by atoms with Gasteiger partial charge in [0.2, 0.25) is 29.6 Å². The van der Waals surface area contributed by atoms with Crippen molar-refractivity contribution in [1.82, 2.24) is 45.0 Å². The maximum Gasteiger partial charge on any atom is 0.248 e. The first kappa shape index (κ1) is 51.5. The monoisotopic (exact) mass is 928 g/mol. The summed E-state index contributed by atoms with van der Waals surface area (Å²) in [5.74, 6) is 8.81. The van der Waals surface area contributed by atoms with Crippen LogP contribution in [0.2, 0.25) is 0 Å². The van der Waals surface area contributed by atoms with E-state index in [1.165, 1.54) is 0 Å². The van der Waals surface area contributed by atoms with Crippen LogP contribution in [0.3, 0.4) is 0 Å². The molecule has 67 heavy (non-hydrogen) atoms. The second kappa shape index (κ2) is 26.6. The quantitative estimate of drug-likeness (QED) is 0.0299. The number of carbonyl (C=O) groups excluding carboxylic acids is 3. The molecule has 4 aromatic heterocycles. The molecule has 6 heterocycles. The van der Waals surface area contributed by atoms with Crippen LogP contribution in [0, 0.1) is 0 Å². The number of pyridine rings is 2. The average Bonchev–Trinajstić information content (AvgIpc) is 3.79. The third-order valence-corrected chi connectivity index (χ3v) is 10.9. The summed E-state index contributed by atoms with van der Waals surface area (Å²) in [4.78, 5) is 75.1. The lowest BCUT2D eigenvalue weighted by Gasteiger charge is -2.18. The van der Waals surface area contributed by atoms with Crippen molar-refractivity contribution in [3.05, 3.63) is 58.9 Å². The minimum Gasteiger partial charge on any atom is -0.383 e. The number of aromatic nitrogens is 6. The third kappa shape index (κ3) is 15.8. The molecule has 364 valence electrons. The molecule has 23 heteroatoms. The standard InChI is InChI=1S/C23H36N10O3.C21H33N9O/c1-3-4-7-28-23-30-21(24)17-12-20(35)33(22(17)31-23)14-16-5-6-18(29-13-16)26-8-10-32(2)11-9-27-19(34)15-36-25;1-3-4-8-25-21-27-19(23)16-12-18(31)30(20(16)28-21)14-15-5-6-17(26-13-15)24-9-11-29(2)10-7-22/h5-6,13H,3-4,7-12,14-15,25H2,1-2H3,(H,26,29)(H,27,34)(H3,24,28,30,31);5-6,13H,3-4,7-12,14,22H2,1-2H3,(H,24,26)(H3,23,25,27,28). The van der Waals surface area contributed by atoms with Gasteiger partial charge < -0.3 is 53.6 Å². The summed E-state index contributed by atoms with van der Waals surface area (Å²) in [7, 11) is 4.01. The van der Waals surface area contributed by atoms with Crippen LogP contribution < -0.4 is 59.5 Å². The molecule has 2 aliphatic rings. The number of unbranched alkanes of at least 4 members (excludes halogenated alkanes) is 2. The molecule has 0 saturated heterocycles. The average molecular weight is 928 g/mol. The lowest BCUT2D eigenvalue weighted by molar-refractivity contribution is -0.125. The van der Waals surface area contributed by atoms with Gasteiger partial charge in [0.05, 0.1) is 25.9 Å². The van der Waals surface area contributed by atoms with Crippen molar-refractivity contribution in [3.63, 3.8) is 0 Å². The fourth-order valence-corrected chi connectivity index (χ4v) is 7.05. The van der Waals surface area contributed by atoms with Gasteiger partial charge in [-0.15, -0.1) is 0 Å². The predicted molar refractivity (Wildman–Crippen MR) is 262 cm³/mol. The molecule has 0 bridgehead atoms. The number of rotatable bonds is 27. The number of nitrogens with one attached hydrogen (secondary N) is 5. The molecule has 2 aliphatic heterocycles. The zero-order valence-electron chi connectivity index (χ0n) is 39.3. The van der Waals surface area contributed by atoms with Crippen LogP contribution in [0.1, 0.15) is 61.8 Å². The number of fused-ring (bicyclic) bond motifs is 2. The largest absolute Gasteiger partial charge is 0.383 e. The van der Waals surface area contributed by atoms with Crippen molar-refractivity contribution in [2.45, 2.75) is 65.5 Å². The Morgan fingerprint density at radius 3 is 1.55 bits per heavy atom.